The van der Waals surface area contributed by atoms with Crippen LogP contribution in [-0.4, -0.2) is 35.8 Å². The average Bonchev–Trinajstić information content (AvgIpc) is 2.39. The SMILES string of the molecule is C=C(C(=O)O)C(=O)OCCCCCC.N=C=O.N=C=O. The summed E-state index contributed by atoms with van der Waals surface area (Å²) in [5, 5.41) is 19.2. The molecule has 0 aliphatic heterocycles. The number of carbonyl (C=O) groups is 2. The Hall–Kier alpha value is -2.56. The number of esters is 1. The number of carbonyl (C=O) groups excluding carboxylic acids is 3. The number of unbranched alkanes of at least 4 members (excludes halogenated alkanes) is 3. The maximum absolute atomic E-state index is 10.9. The Labute approximate surface area is 116 Å². The minimum atomic E-state index is -1.33. The third-order valence-corrected chi connectivity index (χ3v) is 1.74. The topological polar surface area (TPSA) is 145 Å². The third kappa shape index (κ3) is 20.8. The number of ether oxygens (including phenoxy) is 1. The van der Waals surface area contributed by atoms with Crippen LogP contribution in [0, 0.1) is 10.8 Å². The summed E-state index contributed by atoms with van der Waals surface area (Å²) in [5.74, 6) is -2.17. The van der Waals surface area contributed by atoms with Gasteiger partial charge in [-0.2, -0.15) is 0 Å². The normalized spacial score (nSPS) is 7.45. The Kier molecular flexibility index (Phi) is 21.2. The second-order valence-electron chi connectivity index (χ2n) is 3.18. The fraction of sp³-hybridized carbons (Fsp3) is 0.500. The molecule has 0 unspecified atom stereocenters. The molecule has 0 aliphatic carbocycles. The number of hydrogen-bond donors (Lipinski definition) is 3. The number of carboxylic acids is 1. The van der Waals surface area contributed by atoms with Gasteiger partial charge < -0.3 is 9.84 Å². The van der Waals surface area contributed by atoms with Crippen molar-refractivity contribution in [1.29, 1.82) is 10.8 Å². The van der Waals surface area contributed by atoms with Crippen LogP contribution in [0.25, 0.3) is 0 Å². The highest BCUT2D eigenvalue weighted by molar-refractivity contribution is 6.12. The molecule has 0 atom stereocenters. The lowest BCUT2D eigenvalue weighted by molar-refractivity contribution is -0.144. The maximum Gasteiger partial charge on any atom is 0.344 e. The van der Waals surface area contributed by atoms with Gasteiger partial charge in [-0.15, -0.1) is 0 Å². The van der Waals surface area contributed by atoms with Crippen LogP contribution in [0.1, 0.15) is 32.6 Å². The molecule has 0 aromatic carbocycles. The molecule has 0 bridgehead atoms. The number of carboxylic acid groups (broad SMARTS) is 1. The molecule has 0 saturated carbocycles. The van der Waals surface area contributed by atoms with Gasteiger partial charge in [-0.1, -0.05) is 32.8 Å². The van der Waals surface area contributed by atoms with Crippen LogP contribution in [0.5, 0.6) is 0 Å². The number of hydrogen-bond acceptors (Lipinski definition) is 7. The average molecular weight is 286 g/mol. The molecule has 0 spiro atoms. The van der Waals surface area contributed by atoms with E-state index >= 15 is 0 Å². The molecular weight excluding hydrogens is 268 g/mol. The molecule has 20 heavy (non-hydrogen) atoms. The van der Waals surface area contributed by atoms with Crippen LogP contribution in [0.3, 0.4) is 0 Å². The van der Waals surface area contributed by atoms with Crippen LogP contribution in [0.15, 0.2) is 12.2 Å². The molecular formula is C12H18N2O6. The van der Waals surface area contributed by atoms with Crippen LogP contribution >= 0.6 is 0 Å². The van der Waals surface area contributed by atoms with Crippen LogP contribution < -0.4 is 0 Å². The second kappa shape index (κ2) is 18.8. The summed E-state index contributed by atoms with van der Waals surface area (Å²) in [6, 6.07) is 0. The first-order valence-electron chi connectivity index (χ1n) is 5.59. The van der Waals surface area contributed by atoms with Gasteiger partial charge >= 0.3 is 11.9 Å². The Morgan fingerprint density at radius 1 is 1.15 bits per heavy atom. The molecule has 0 heterocycles. The highest BCUT2D eigenvalue weighted by Crippen LogP contribution is 2.01. The third-order valence-electron chi connectivity index (χ3n) is 1.74. The molecule has 0 radical (unpaired) electrons. The standard InChI is InChI=1S/C10H16O4.2CHNO/c1-3-4-5-6-7-14-10(13)8(2)9(11)12;2*2-1-3/h2-7H2,1H3,(H,11,12);2*2H. The van der Waals surface area contributed by atoms with E-state index in [1.54, 1.807) is 0 Å². The van der Waals surface area contributed by atoms with Crippen molar-refractivity contribution in [1.82, 2.24) is 0 Å². The lowest BCUT2D eigenvalue weighted by atomic mass is 10.2. The van der Waals surface area contributed by atoms with Gasteiger partial charge in [-0.05, 0) is 6.42 Å². The molecule has 0 amide bonds. The fourth-order valence-electron chi connectivity index (χ4n) is 0.868. The van der Waals surface area contributed by atoms with E-state index in [4.69, 9.17) is 30.3 Å². The monoisotopic (exact) mass is 286 g/mol. The zero-order chi connectivity index (χ0) is 16.4. The van der Waals surface area contributed by atoms with E-state index in [0.29, 0.717) is 0 Å². The number of nitrogens with one attached hydrogen (secondary N) is 2. The highest BCUT2D eigenvalue weighted by atomic mass is 16.5. The van der Waals surface area contributed by atoms with Crippen molar-refractivity contribution in [2.45, 2.75) is 32.6 Å². The van der Waals surface area contributed by atoms with E-state index in [0.717, 1.165) is 37.8 Å². The smallest absolute Gasteiger partial charge is 0.344 e. The van der Waals surface area contributed by atoms with Crippen LogP contribution in [0.4, 0.5) is 0 Å². The summed E-state index contributed by atoms with van der Waals surface area (Å²) in [6.07, 6.45) is 5.46. The fourth-order valence-corrected chi connectivity index (χ4v) is 0.868. The molecule has 3 N–H and O–H groups in total. The van der Waals surface area contributed by atoms with Crippen molar-refractivity contribution < 1.29 is 29.0 Å². The minimum Gasteiger partial charge on any atom is -0.477 e. The zero-order valence-corrected chi connectivity index (χ0v) is 11.2. The summed E-state index contributed by atoms with van der Waals surface area (Å²) in [4.78, 5) is 37.9. The largest absolute Gasteiger partial charge is 0.477 e. The summed E-state index contributed by atoms with van der Waals surface area (Å²) >= 11 is 0. The summed E-state index contributed by atoms with van der Waals surface area (Å²) in [7, 11) is 0. The van der Waals surface area contributed by atoms with Crippen molar-refractivity contribution in [2.24, 2.45) is 0 Å². The lowest BCUT2D eigenvalue weighted by Crippen LogP contribution is -2.14. The summed E-state index contributed by atoms with van der Waals surface area (Å²) in [6.45, 7) is 5.45. The first-order valence-corrected chi connectivity index (χ1v) is 5.59. The van der Waals surface area contributed by atoms with Crippen molar-refractivity contribution in [3.05, 3.63) is 12.2 Å². The molecule has 0 aliphatic rings. The zero-order valence-electron chi connectivity index (χ0n) is 11.2. The molecule has 0 rings (SSSR count). The van der Waals surface area contributed by atoms with Gasteiger partial charge in [0.15, 0.2) is 0 Å². The van der Waals surface area contributed by atoms with E-state index in [1.165, 1.54) is 0 Å². The second-order valence-corrected chi connectivity index (χ2v) is 3.18. The molecule has 8 heteroatoms. The summed E-state index contributed by atoms with van der Waals surface area (Å²) < 4.78 is 4.69. The Bertz CT molecular complexity index is 354. The number of isocyanates is 2. The van der Waals surface area contributed by atoms with Crippen molar-refractivity contribution in [2.75, 3.05) is 6.61 Å². The highest BCUT2D eigenvalue weighted by Gasteiger charge is 2.15. The number of rotatable bonds is 7. The summed E-state index contributed by atoms with van der Waals surface area (Å²) in [5.41, 5.74) is -0.513. The predicted molar refractivity (Wildman–Crippen MR) is 68.7 cm³/mol. The first kappa shape index (κ1) is 22.6. The van der Waals surface area contributed by atoms with Gasteiger partial charge in [0.25, 0.3) is 0 Å². The van der Waals surface area contributed by atoms with Crippen molar-refractivity contribution >= 4 is 24.1 Å². The molecule has 112 valence electrons. The molecule has 0 aromatic heterocycles. The van der Waals surface area contributed by atoms with Crippen LogP contribution in [0.2, 0.25) is 0 Å². The van der Waals surface area contributed by atoms with Crippen molar-refractivity contribution in [3.8, 4) is 0 Å². The Morgan fingerprint density at radius 3 is 1.95 bits per heavy atom. The Morgan fingerprint density at radius 2 is 1.60 bits per heavy atom. The molecule has 0 saturated heterocycles. The van der Waals surface area contributed by atoms with Gasteiger partial charge in [-0.3, -0.25) is 0 Å². The lowest BCUT2D eigenvalue weighted by Gasteiger charge is -2.03. The van der Waals surface area contributed by atoms with Gasteiger partial charge in [0.05, 0.1) is 6.61 Å². The maximum atomic E-state index is 10.9. The van der Waals surface area contributed by atoms with E-state index in [1.807, 2.05) is 0 Å². The van der Waals surface area contributed by atoms with Crippen molar-refractivity contribution in [3.63, 3.8) is 0 Å². The van der Waals surface area contributed by atoms with Gasteiger partial charge in [0.1, 0.15) is 5.57 Å². The van der Waals surface area contributed by atoms with Crippen LogP contribution in [-0.2, 0) is 23.9 Å². The van der Waals surface area contributed by atoms with E-state index < -0.39 is 17.5 Å². The van der Waals surface area contributed by atoms with E-state index in [9.17, 15) is 9.59 Å². The van der Waals surface area contributed by atoms with Gasteiger partial charge in [0, 0.05) is 0 Å². The quantitative estimate of drug-likeness (QED) is 0.123. The first-order chi connectivity index (χ1) is 9.42. The Balaban J connectivity index is -0.000000408. The molecule has 0 aromatic rings. The van der Waals surface area contributed by atoms with E-state index in [-0.39, 0.29) is 6.61 Å². The number of aliphatic carboxylic acids is 1. The molecule has 0 fully saturated rings. The molecule has 8 nitrogen and oxygen atoms in total. The predicted octanol–water partition coefficient (Wildman–Crippen LogP) is 1.55. The van der Waals surface area contributed by atoms with E-state index in [2.05, 4.69) is 13.5 Å². The van der Waals surface area contributed by atoms with Gasteiger partial charge in [-0.25, -0.2) is 30.0 Å². The minimum absolute atomic E-state index is 0.269. The van der Waals surface area contributed by atoms with Gasteiger partial charge in [0.2, 0.25) is 12.2 Å².